The summed E-state index contributed by atoms with van der Waals surface area (Å²) in [5, 5.41) is 21.1. The van der Waals surface area contributed by atoms with Gasteiger partial charge in [-0.15, -0.1) is 0 Å². The summed E-state index contributed by atoms with van der Waals surface area (Å²) in [6.07, 6.45) is -1.66. The standard InChI is InChI=1S/C18H15Cl2F2N3O2/c19-17(20)18(27)25-15(7-21)16(26)11-3-1-10(2-4-11)12-5-6-14(24-9-12)13(22)8-23/h1-6,9,13,15-17,26H,7H2,(H,25,27)/t13?,15-,16+/m1/s1. The molecule has 1 aromatic heterocycles. The molecule has 1 aromatic carbocycles. The number of carbonyl (C=O) groups is 1. The van der Waals surface area contributed by atoms with E-state index in [0.717, 1.165) is 5.56 Å². The molecule has 0 fully saturated rings. The third kappa shape index (κ3) is 5.36. The molecular weight excluding hydrogens is 399 g/mol. The van der Waals surface area contributed by atoms with Crippen molar-refractivity contribution in [2.75, 3.05) is 6.67 Å². The molecule has 142 valence electrons. The molecule has 0 saturated carbocycles. The third-order valence-electron chi connectivity index (χ3n) is 3.82. The number of nitrogens with zero attached hydrogens (tertiary/aromatic N) is 2. The van der Waals surface area contributed by atoms with Crippen molar-refractivity contribution in [2.24, 2.45) is 0 Å². The highest BCUT2D eigenvalue weighted by atomic mass is 35.5. The molecule has 0 aliphatic carbocycles. The molecule has 5 nitrogen and oxygen atoms in total. The third-order valence-corrected chi connectivity index (χ3v) is 4.21. The van der Waals surface area contributed by atoms with Crippen LogP contribution in [0.1, 0.15) is 23.5 Å². The van der Waals surface area contributed by atoms with Gasteiger partial charge in [0, 0.05) is 11.8 Å². The molecule has 2 N–H and O–H groups in total. The molecule has 27 heavy (non-hydrogen) atoms. The van der Waals surface area contributed by atoms with E-state index in [-0.39, 0.29) is 5.69 Å². The van der Waals surface area contributed by atoms with Crippen LogP contribution in [0.3, 0.4) is 0 Å². The number of benzene rings is 1. The molecular formula is C18H15Cl2F2N3O2. The number of aliphatic hydroxyl groups is 1. The van der Waals surface area contributed by atoms with Crippen LogP contribution < -0.4 is 5.32 Å². The largest absolute Gasteiger partial charge is 0.386 e. The van der Waals surface area contributed by atoms with Crippen LogP contribution in [-0.2, 0) is 4.79 Å². The zero-order valence-corrected chi connectivity index (χ0v) is 15.3. The number of alkyl halides is 4. The second-order valence-corrected chi connectivity index (χ2v) is 6.70. The van der Waals surface area contributed by atoms with Crippen molar-refractivity contribution in [2.45, 2.75) is 23.2 Å². The van der Waals surface area contributed by atoms with Crippen LogP contribution in [0.4, 0.5) is 8.78 Å². The summed E-state index contributed by atoms with van der Waals surface area (Å²) in [5.41, 5.74) is 1.79. The number of nitrogens with one attached hydrogen (secondary N) is 1. The van der Waals surface area contributed by atoms with Crippen molar-refractivity contribution >= 4 is 29.1 Å². The van der Waals surface area contributed by atoms with E-state index in [1.165, 1.54) is 18.3 Å². The summed E-state index contributed by atoms with van der Waals surface area (Å²) in [4.78, 5) is 14.0. The number of pyridine rings is 1. The van der Waals surface area contributed by atoms with Gasteiger partial charge in [-0.05, 0) is 17.2 Å². The molecule has 0 aliphatic heterocycles. The van der Waals surface area contributed by atoms with Crippen molar-refractivity contribution < 1.29 is 18.7 Å². The fourth-order valence-electron chi connectivity index (χ4n) is 2.34. The van der Waals surface area contributed by atoms with E-state index in [2.05, 4.69) is 10.3 Å². The quantitative estimate of drug-likeness (QED) is 0.679. The van der Waals surface area contributed by atoms with E-state index in [1.807, 2.05) is 0 Å². The van der Waals surface area contributed by atoms with Crippen LogP contribution in [-0.4, -0.2) is 33.6 Å². The average molecular weight is 414 g/mol. The van der Waals surface area contributed by atoms with E-state index in [9.17, 15) is 18.7 Å². The van der Waals surface area contributed by atoms with Gasteiger partial charge in [0.1, 0.15) is 18.8 Å². The Morgan fingerprint density at radius 3 is 2.33 bits per heavy atom. The zero-order chi connectivity index (χ0) is 20.0. The van der Waals surface area contributed by atoms with Crippen molar-refractivity contribution in [3.63, 3.8) is 0 Å². The first-order valence-electron chi connectivity index (χ1n) is 7.80. The second kappa shape index (κ2) is 9.60. The first-order valence-corrected chi connectivity index (χ1v) is 8.67. The van der Waals surface area contributed by atoms with Gasteiger partial charge in [0.2, 0.25) is 6.17 Å². The topological polar surface area (TPSA) is 86.0 Å². The monoisotopic (exact) mass is 413 g/mol. The molecule has 2 rings (SSSR count). The molecule has 0 saturated heterocycles. The first kappa shape index (κ1) is 21.0. The minimum absolute atomic E-state index is 0.0201. The van der Waals surface area contributed by atoms with E-state index < -0.39 is 35.7 Å². The molecule has 1 amide bonds. The van der Waals surface area contributed by atoms with Gasteiger partial charge in [-0.3, -0.25) is 9.78 Å². The Balaban J connectivity index is 2.14. The number of aromatic nitrogens is 1. The minimum Gasteiger partial charge on any atom is -0.386 e. The van der Waals surface area contributed by atoms with Gasteiger partial charge >= 0.3 is 0 Å². The predicted molar refractivity (Wildman–Crippen MR) is 97.5 cm³/mol. The second-order valence-electron chi connectivity index (χ2n) is 5.60. The fraction of sp³-hybridized carbons (Fsp3) is 0.278. The van der Waals surface area contributed by atoms with Gasteiger partial charge in [-0.25, -0.2) is 8.78 Å². The van der Waals surface area contributed by atoms with Crippen LogP contribution in [0.15, 0.2) is 42.6 Å². The summed E-state index contributed by atoms with van der Waals surface area (Å²) in [6.45, 7) is -1.01. The highest BCUT2D eigenvalue weighted by Gasteiger charge is 2.25. The molecule has 9 heteroatoms. The number of rotatable bonds is 7. The SMILES string of the molecule is N#CC(F)c1ccc(-c2ccc([C@H](O)[C@@H](CF)NC(=O)C(Cl)Cl)cc2)cn1. The highest BCUT2D eigenvalue weighted by Crippen LogP contribution is 2.25. The molecule has 0 aliphatic rings. The van der Waals surface area contributed by atoms with Gasteiger partial charge in [0.15, 0.2) is 4.84 Å². The Morgan fingerprint density at radius 1 is 1.22 bits per heavy atom. The lowest BCUT2D eigenvalue weighted by molar-refractivity contribution is -0.121. The lowest BCUT2D eigenvalue weighted by atomic mass is 9.99. The number of hydrogen-bond donors (Lipinski definition) is 2. The van der Waals surface area contributed by atoms with Gasteiger partial charge in [0.25, 0.3) is 5.91 Å². The Labute approximate surface area is 164 Å². The smallest absolute Gasteiger partial charge is 0.253 e. The maximum atomic E-state index is 13.3. The van der Waals surface area contributed by atoms with Gasteiger partial charge in [0.05, 0.1) is 11.7 Å². The number of aliphatic hydroxyl groups excluding tert-OH is 1. The first-order chi connectivity index (χ1) is 12.9. The van der Waals surface area contributed by atoms with E-state index in [1.54, 1.807) is 30.3 Å². The molecule has 1 unspecified atom stereocenters. The van der Waals surface area contributed by atoms with E-state index in [4.69, 9.17) is 28.5 Å². The Bertz CT molecular complexity index is 811. The van der Waals surface area contributed by atoms with Crippen molar-refractivity contribution in [1.82, 2.24) is 10.3 Å². The van der Waals surface area contributed by atoms with Crippen LogP contribution in [0, 0.1) is 11.3 Å². The highest BCUT2D eigenvalue weighted by molar-refractivity contribution is 6.53. The lowest BCUT2D eigenvalue weighted by Crippen LogP contribution is -2.43. The number of amides is 1. The summed E-state index contributed by atoms with van der Waals surface area (Å²) in [5.74, 6) is -0.800. The maximum Gasteiger partial charge on any atom is 0.253 e. The maximum absolute atomic E-state index is 13.3. The minimum atomic E-state index is -1.79. The van der Waals surface area contributed by atoms with E-state index >= 15 is 0 Å². The molecule has 1 heterocycles. The summed E-state index contributed by atoms with van der Waals surface area (Å²) < 4.78 is 26.4. The van der Waals surface area contributed by atoms with Gasteiger partial charge < -0.3 is 10.4 Å². The number of hydrogen-bond acceptors (Lipinski definition) is 4. The van der Waals surface area contributed by atoms with Crippen molar-refractivity contribution in [1.29, 1.82) is 5.26 Å². The lowest BCUT2D eigenvalue weighted by Gasteiger charge is -2.22. The fourth-order valence-corrected chi connectivity index (χ4v) is 2.47. The van der Waals surface area contributed by atoms with Crippen molar-refractivity contribution in [3.05, 3.63) is 53.9 Å². The number of carbonyl (C=O) groups excluding carboxylic acids is 1. The molecule has 0 bridgehead atoms. The van der Waals surface area contributed by atoms with Crippen LogP contribution in [0.25, 0.3) is 11.1 Å². The normalized spacial score (nSPS) is 14.3. The Hall–Kier alpha value is -2.27. The van der Waals surface area contributed by atoms with E-state index in [0.29, 0.717) is 11.1 Å². The zero-order valence-electron chi connectivity index (χ0n) is 13.8. The van der Waals surface area contributed by atoms with Crippen LogP contribution in [0.5, 0.6) is 0 Å². The summed E-state index contributed by atoms with van der Waals surface area (Å²) in [6, 6.07) is 9.74. The predicted octanol–water partition coefficient (Wildman–Crippen LogP) is 3.57. The summed E-state index contributed by atoms with van der Waals surface area (Å²) in [7, 11) is 0. The Morgan fingerprint density at radius 2 is 1.85 bits per heavy atom. The van der Waals surface area contributed by atoms with Crippen LogP contribution in [0.2, 0.25) is 0 Å². The van der Waals surface area contributed by atoms with Gasteiger partial charge in [-0.1, -0.05) is 53.5 Å². The molecule has 0 radical (unpaired) electrons. The van der Waals surface area contributed by atoms with Gasteiger partial charge in [-0.2, -0.15) is 5.26 Å². The molecule has 3 atom stereocenters. The number of nitriles is 1. The molecule has 0 spiro atoms. The van der Waals surface area contributed by atoms with Crippen LogP contribution >= 0.6 is 23.2 Å². The number of halogens is 4. The van der Waals surface area contributed by atoms with Crippen molar-refractivity contribution in [3.8, 4) is 17.2 Å². The Kier molecular flexibility index (Phi) is 7.48. The summed E-state index contributed by atoms with van der Waals surface area (Å²) >= 11 is 10.8. The average Bonchev–Trinajstić information content (AvgIpc) is 2.70. The molecule has 2 aromatic rings.